The number of alkyl halides is 2. The van der Waals surface area contributed by atoms with E-state index in [0.717, 1.165) is 0 Å². The third kappa shape index (κ3) is 3.46. The molecular formula is C12H20Cl2O9. The van der Waals surface area contributed by atoms with Crippen LogP contribution in [0.25, 0.3) is 0 Å². The topological polar surface area (TPSA) is 149 Å². The molecule has 0 aromatic heterocycles. The molecule has 23 heavy (non-hydrogen) atoms. The van der Waals surface area contributed by atoms with Gasteiger partial charge in [-0.1, -0.05) is 0 Å². The number of rotatable bonds is 5. The summed E-state index contributed by atoms with van der Waals surface area (Å²) < 4.78 is 15.9. The van der Waals surface area contributed by atoms with Gasteiger partial charge in [-0.15, -0.1) is 23.2 Å². The summed E-state index contributed by atoms with van der Waals surface area (Å²) in [5, 5.41) is 58.6. The van der Waals surface area contributed by atoms with Crippen LogP contribution in [-0.4, -0.2) is 104 Å². The Balaban J connectivity index is 2.18. The van der Waals surface area contributed by atoms with Gasteiger partial charge in [0.25, 0.3) is 0 Å². The van der Waals surface area contributed by atoms with E-state index in [1.54, 1.807) is 0 Å². The van der Waals surface area contributed by atoms with Crippen LogP contribution in [0, 0.1) is 0 Å². The Morgan fingerprint density at radius 2 is 1.57 bits per heavy atom. The lowest BCUT2D eigenvalue weighted by atomic mass is 9.99. The second-order valence-electron chi connectivity index (χ2n) is 5.51. The van der Waals surface area contributed by atoms with Crippen LogP contribution in [0.15, 0.2) is 0 Å². The summed E-state index contributed by atoms with van der Waals surface area (Å²) in [5.74, 6) is -2.52. The minimum atomic E-state index is -1.94. The van der Waals surface area contributed by atoms with Gasteiger partial charge < -0.3 is 44.8 Å². The van der Waals surface area contributed by atoms with Crippen LogP contribution >= 0.6 is 23.2 Å². The molecule has 0 amide bonds. The summed E-state index contributed by atoms with van der Waals surface area (Å²) >= 11 is 11.4. The van der Waals surface area contributed by atoms with Crippen LogP contribution in [0.1, 0.15) is 0 Å². The quantitative estimate of drug-likeness (QED) is 0.277. The molecule has 0 aromatic rings. The summed E-state index contributed by atoms with van der Waals surface area (Å²) in [6, 6.07) is 0. The number of hydrogen-bond acceptors (Lipinski definition) is 9. The predicted molar refractivity (Wildman–Crippen MR) is 75.9 cm³/mol. The van der Waals surface area contributed by atoms with Crippen LogP contribution in [0.4, 0.5) is 0 Å². The zero-order chi connectivity index (χ0) is 17.4. The average Bonchev–Trinajstić information content (AvgIpc) is 2.80. The molecule has 2 aliphatic rings. The van der Waals surface area contributed by atoms with E-state index in [2.05, 4.69) is 0 Å². The van der Waals surface area contributed by atoms with Crippen molar-refractivity contribution in [3.63, 3.8) is 0 Å². The first kappa shape index (κ1) is 19.5. The van der Waals surface area contributed by atoms with E-state index in [4.69, 9.17) is 42.5 Å². The second kappa shape index (κ2) is 7.63. The highest BCUT2D eigenvalue weighted by atomic mass is 35.5. The molecule has 2 rings (SSSR count). The minimum absolute atomic E-state index is 0.144. The van der Waals surface area contributed by atoms with Crippen molar-refractivity contribution in [3.8, 4) is 0 Å². The van der Waals surface area contributed by atoms with Crippen LogP contribution in [0.5, 0.6) is 0 Å². The first-order valence-electron chi connectivity index (χ1n) is 6.95. The van der Waals surface area contributed by atoms with Crippen molar-refractivity contribution in [3.05, 3.63) is 0 Å². The van der Waals surface area contributed by atoms with Crippen molar-refractivity contribution in [2.24, 2.45) is 0 Å². The van der Waals surface area contributed by atoms with Gasteiger partial charge in [0.1, 0.15) is 42.7 Å². The first-order chi connectivity index (χ1) is 10.8. The zero-order valence-electron chi connectivity index (χ0n) is 11.9. The summed E-state index contributed by atoms with van der Waals surface area (Å²) in [7, 11) is 0. The Kier molecular flexibility index (Phi) is 6.48. The second-order valence-corrected chi connectivity index (χ2v) is 6.08. The van der Waals surface area contributed by atoms with Crippen molar-refractivity contribution >= 4 is 23.2 Å². The van der Waals surface area contributed by atoms with E-state index in [1.165, 1.54) is 0 Å². The molecule has 136 valence electrons. The van der Waals surface area contributed by atoms with Crippen molar-refractivity contribution in [2.75, 3.05) is 18.4 Å². The lowest BCUT2D eigenvalue weighted by Crippen LogP contribution is -2.62. The fourth-order valence-corrected chi connectivity index (χ4v) is 3.11. The maximum atomic E-state index is 10.1. The monoisotopic (exact) mass is 378 g/mol. The van der Waals surface area contributed by atoms with Crippen LogP contribution in [0.3, 0.4) is 0 Å². The fourth-order valence-electron chi connectivity index (χ4n) is 2.58. The van der Waals surface area contributed by atoms with Crippen molar-refractivity contribution in [2.45, 2.75) is 54.8 Å². The number of hydrogen-bond donors (Lipinski definition) is 6. The highest BCUT2D eigenvalue weighted by Gasteiger charge is 2.58. The standard InChI is InChI=1S/C12H20Cl2O9/c13-1-4-7(17)10(20)12(3-14,22-4)23-11-9(19)8(18)6(16)5(2-15)21-11/h4-11,15-20H,1-3H2/t4-,5-,6+,7-,8+,9-,10+,11+,12+/m1/s1. The van der Waals surface area contributed by atoms with E-state index in [1.807, 2.05) is 0 Å². The number of ether oxygens (including phenoxy) is 3. The van der Waals surface area contributed by atoms with Gasteiger partial charge in [-0.2, -0.15) is 0 Å². The van der Waals surface area contributed by atoms with Crippen LogP contribution in [0.2, 0.25) is 0 Å². The third-order valence-corrected chi connectivity index (χ3v) is 4.69. The largest absolute Gasteiger partial charge is 0.394 e. The zero-order valence-corrected chi connectivity index (χ0v) is 13.4. The van der Waals surface area contributed by atoms with E-state index in [-0.39, 0.29) is 5.88 Å². The Morgan fingerprint density at radius 3 is 2.04 bits per heavy atom. The van der Waals surface area contributed by atoms with Gasteiger partial charge in [-0.25, -0.2) is 0 Å². The maximum absolute atomic E-state index is 10.1. The van der Waals surface area contributed by atoms with Gasteiger partial charge in [0.05, 0.1) is 18.4 Å². The Morgan fingerprint density at radius 1 is 0.913 bits per heavy atom. The van der Waals surface area contributed by atoms with Gasteiger partial charge in [0.2, 0.25) is 5.79 Å². The van der Waals surface area contributed by atoms with Gasteiger partial charge in [-0.05, 0) is 0 Å². The highest BCUT2D eigenvalue weighted by Crippen LogP contribution is 2.37. The lowest BCUT2D eigenvalue weighted by Gasteiger charge is -2.43. The molecule has 11 heteroatoms. The molecule has 0 unspecified atom stereocenters. The molecule has 0 aliphatic carbocycles. The molecule has 6 N–H and O–H groups in total. The SMILES string of the molecule is OC[C@H]1O[C@@H](O[C@]2(CCl)O[C@H](CCl)[C@@H](O)[C@@H]2O)[C@H](O)[C@@H](O)[C@H]1O. The summed E-state index contributed by atoms with van der Waals surface area (Å²) in [4.78, 5) is 0. The molecule has 9 atom stereocenters. The molecule has 0 saturated carbocycles. The minimum Gasteiger partial charge on any atom is -0.394 e. The number of halogens is 2. The Bertz CT molecular complexity index is 401. The number of aliphatic hydroxyl groups is 6. The summed E-state index contributed by atoms with van der Waals surface area (Å²) in [6.07, 6.45) is -11.6. The molecule has 2 heterocycles. The normalized spacial score (nSPS) is 51.1. The van der Waals surface area contributed by atoms with E-state index in [9.17, 15) is 25.5 Å². The Hall–Kier alpha value is 0.220. The number of aliphatic hydroxyl groups excluding tert-OH is 6. The molecule has 2 saturated heterocycles. The van der Waals surface area contributed by atoms with E-state index < -0.39 is 67.3 Å². The summed E-state index contributed by atoms with van der Waals surface area (Å²) in [5.41, 5.74) is 0. The van der Waals surface area contributed by atoms with E-state index in [0.29, 0.717) is 0 Å². The Labute approximate surface area is 141 Å². The smallest absolute Gasteiger partial charge is 0.214 e. The van der Waals surface area contributed by atoms with Crippen LogP contribution < -0.4 is 0 Å². The maximum Gasteiger partial charge on any atom is 0.214 e. The van der Waals surface area contributed by atoms with Crippen molar-refractivity contribution in [1.82, 2.24) is 0 Å². The molecule has 2 fully saturated rings. The average molecular weight is 379 g/mol. The van der Waals surface area contributed by atoms with Gasteiger partial charge in [-0.3, -0.25) is 0 Å². The fraction of sp³-hybridized carbons (Fsp3) is 1.00. The molecule has 0 radical (unpaired) electrons. The van der Waals surface area contributed by atoms with Gasteiger partial charge in [0.15, 0.2) is 6.29 Å². The molecule has 0 spiro atoms. The molecular weight excluding hydrogens is 359 g/mol. The van der Waals surface area contributed by atoms with Gasteiger partial charge in [0, 0.05) is 0 Å². The third-order valence-electron chi connectivity index (χ3n) is 4.01. The van der Waals surface area contributed by atoms with Crippen molar-refractivity contribution < 1.29 is 44.8 Å². The summed E-state index contributed by atoms with van der Waals surface area (Å²) in [6.45, 7) is -0.644. The molecule has 0 aromatic carbocycles. The van der Waals surface area contributed by atoms with Crippen molar-refractivity contribution in [1.29, 1.82) is 0 Å². The molecule has 0 bridgehead atoms. The first-order valence-corrected chi connectivity index (χ1v) is 8.02. The van der Waals surface area contributed by atoms with E-state index >= 15 is 0 Å². The van der Waals surface area contributed by atoms with Crippen LogP contribution in [-0.2, 0) is 14.2 Å². The molecule has 9 nitrogen and oxygen atoms in total. The molecule has 2 aliphatic heterocycles. The lowest BCUT2D eigenvalue weighted by molar-refractivity contribution is -0.371. The predicted octanol–water partition coefficient (Wildman–Crippen LogP) is -2.90. The van der Waals surface area contributed by atoms with Gasteiger partial charge >= 0.3 is 0 Å². The highest BCUT2D eigenvalue weighted by molar-refractivity contribution is 6.19.